The van der Waals surface area contributed by atoms with E-state index >= 15 is 4.39 Å². The Labute approximate surface area is 180 Å². The lowest BCUT2D eigenvalue weighted by Crippen LogP contribution is -2.34. The molecular weight excluding hydrogens is 454 g/mol. The van der Waals surface area contributed by atoms with E-state index in [0.717, 1.165) is 13.3 Å². The van der Waals surface area contributed by atoms with E-state index in [1.807, 2.05) is 0 Å². The highest BCUT2D eigenvalue weighted by molar-refractivity contribution is 7.50. The van der Waals surface area contributed by atoms with Gasteiger partial charge in [-0.25, -0.2) is 29.0 Å². The predicted molar refractivity (Wildman–Crippen MR) is 105 cm³/mol. The summed E-state index contributed by atoms with van der Waals surface area (Å²) in [4.78, 5) is 44.8. The van der Waals surface area contributed by atoms with Crippen LogP contribution in [0.1, 0.15) is 20.1 Å². The largest absolute Gasteiger partial charge is 0.454 e. The van der Waals surface area contributed by atoms with Crippen molar-refractivity contribution in [3.05, 3.63) is 12.7 Å². The Kier molecular flexibility index (Phi) is 7.48. The second kappa shape index (κ2) is 9.94. The number of amides is 1. The van der Waals surface area contributed by atoms with Crippen LogP contribution in [0.2, 0.25) is 0 Å². The first kappa shape index (κ1) is 24.1. The summed E-state index contributed by atoms with van der Waals surface area (Å²) >= 11 is 0. The van der Waals surface area contributed by atoms with E-state index in [0.29, 0.717) is 0 Å². The number of carbonyl (C=O) groups is 2. The molecule has 0 spiro atoms. The second-order valence-corrected chi connectivity index (χ2v) is 8.37. The first-order valence-electron chi connectivity index (χ1n) is 9.38. The molecule has 176 valence electrons. The van der Waals surface area contributed by atoms with Gasteiger partial charge in [0, 0.05) is 20.4 Å². The predicted octanol–water partition coefficient (Wildman–Crippen LogP) is -0.349. The van der Waals surface area contributed by atoms with Crippen molar-refractivity contribution in [2.75, 3.05) is 25.1 Å². The summed E-state index contributed by atoms with van der Waals surface area (Å²) in [6, 6.07) is 0. The molecule has 32 heavy (non-hydrogen) atoms. The van der Waals surface area contributed by atoms with Gasteiger partial charge in [-0.2, -0.15) is 0 Å². The molecule has 5 atom stereocenters. The molecule has 2 aromatic heterocycles. The number of nitrogens with zero attached hydrogens (tertiary/aromatic N) is 4. The van der Waals surface area contributed by atoms with Gasteiger partial charge < -0.3 is 24.8 Å². The van der Waals surface area contributed by atoms with Crippen LogP contribution < -0.4 is 10.4 Å². The third-order valence-electron chi connectivity index (χ3n) is 4.33. The highest BCUT2D eigenvalue weighted by Crippen LogP contribution is 2.40. The van der Waals surface area contributed by atoms with Crippen molar-refractivity contribution in [2.24, 2.45) is 0 Å². The molecule has 3 unspecified atom stereocenters. The zero-order valence-electron chi connectivity index (χ0n) is 17.0. The van der Waals surface area contributed by atoms with Crippen molar-refractivity contribution in [1.29, 1.82) is 0 Å². The van der Waals surface area contributed by atoms with E-state index in [9.17, 15) is 19.0 Å². The first-order chi connectivity index (χ1) is 15.1. The number of rotatable bonds is 9. The highest BCUT2D eigenvalue weighted by Gasteiger charge is 2.49. The van der Waals surface area contributed by atoms with Crippen LogP contribution in [-0.4, -0.2) is 79.5 Å². The topological polar surface area (TPSA) is 187 Å². The van der Waals surface area contributed by atoms with E-state index in [1.54, 1.807) is 0 Å². The minimum absolute atomic E-state index is 0.121. The molecule has 2 aromatic rings. The third-order valence-corrected chi connectivity index (χ3v) is 5.45. The van der Waals surface area contributed by atoms with Gasteiger partial charge in [-0.15, -0.1) is 0 Å². The number of aliphatic hydroxyl groups is 1. The molecule has 16 heteroatoms. The molecule has 3 heterocycles. The van der Waals surface area contributed by atoms with E-state index < -0.39 is 57.4 Å². The zero-order valence-corrected chi connectivity index (χ0v) is 17.9. The van der Waals surface area contributed by atoms with E-state index in [-0.39, 0.29) is 23.5 Å². The molecule has 4 N–H and O–H groups in total. The quantitative estimate of drug-likeness (QED) is 0.273. The molecule has 1 aliphatic rings. The lowest BCUT2D eigenvalue weighted by molar-refractivity contribution is -0.154. The summed E-state index contributed by atoms with van der Waals surface area (Å²) in [5, 5.41) is 13.3. The average molecular weight is 476 g/mol. The molecule has 3 rings (SSSR count). The van der Waals surface area contributed by atoms with Gasteiger partial charge in [0.1, 0.15) is 12.4 Å². The Balaban J connectivity index is 1.87. The van der Waals surface area contributed by atoms with E-state index in [1.165, 1.54) is 17.8 Å². The van der Waals surface area contributed by atoms with Gasteiger partial charge in [0.15, 0.2) is 35.5 Å². The summed E-state index contributed by atoms with van der Waals surface area (Å²) in [6.45, 7) is 1.10. The van der Waals surface area contributed by atoms with Crippen molar-refractivity contribution < 1.29 is 42.5 Å². The number of hydrogen-bond donors (Lipinski definition) is 4. The SMILES string of the molecule is CC(=O)Nc1ncnc2c1ncn2[C@@H]1O[C@H](COP(=O)(O)NCCO)C(F)C1OC(C)=O. The van der Waals surface area contributed by atoms with E-state index in [4.69, 9.17) is 19.1 Å². The Hall–Kier alpha value is -2.55. The molecule has 0 bridgehead atoms. The number of nitrogens with one attached hydrogen (secondary N) is 2. The number of aromatic nitrogens is 4. The fourth-order valence-electron chi connectivity index (χ4n) is 3.08. The Morgan fingerprint density at radius 2 is 2.09 bits per heavy atom. The number of carbonyl (C=O) groups excluding carboxylic acids is 2. The molecule has 0 aliphatic carbocycles. The van der Waals surface area contributed by atoms with Gasteiger partial charge in [-0.1, -0.05) is 0 Å². The minimum atomic E-state index is -4.32. The standard InChI is InChI=1S/C16H22FN6O8P/c1-8(25)22-14-12-15(19-6-18-14)23(7-20-12)16-13(30-9(2)26)11(17)10(31-16)5-29-32(27,28)21-3-4-24/h6-7,10-11,13,16,24H,3-5H2,1-2H3,(H2,21,27,28)(H,18,19,22,25)/t10-,11?,13?,16-/m1/s1. The first-order valence-corrected chi connectivity index (χ1v) is 11.0. The van der Waals surface area contributed by atoms with Gasteiger partial charge in [0.2, 0.25) is 5.91 Å². The number of esters is 1. The molecule has 1 amide bonds. The number of aliphatic hydroxyl groups excluding tert-OH is 1. The number of ether oxygens (including phenoxy) is 2. The number of alkyl halides is 1. The van der Waals surface area contributed by atoms with Crippen LogP contribution in [0.3, 0.4) is 0 Å². The Bertz CT molecular complexity index is 1040. The van der Waals surface area contributed by atoms with Gasteiger partial charge in [0.25, 0.3) is 0 Å². The number of anilines is 1. The monoisotopic (exact) mass is 476 g/mol. The van der Waals surface area contributed by atoms with Crippen molar-refractivity contribution in [3.8, 4) is 0 Å². The molecular formula is C16H22FN6O8P. The average Bonchev–Trinajstić information content (AvgIpc) is 3.27. The van der Waals surface area contributed by atoms with Crippen LogP contribution in [0.5, 0.6) is 0 Å². The molecule has 1 aliphatic heterocycles. The maximum atomic E-state index is 15.1. The lowest BCUT2D eigenvalue weighted by atomic mass is 10.1. The van der Waals surface area contributed by atoms with Crippen LogP contribution in [0.4, 0.5) is 10.2 Å². The minimum Gasteiger partial charge on any atom is -0.454 e. The third kappa shape index (κ3) is 5.43. The van der Waals surface area contributed by atoms with Gasteiger partial charge in [-0.05, 0) is 0 Å². The number of fused-ring (bicyclic) bond motifs is 1. The number of hydrogen-bond acceptors (Lipinski definition) is 10. The molecule has 0 aromatic carbocycles. The lowest BCUT2D eigenvalue weighted by Gasteiger charge is -2.20. The van der Waals surface area contributed by atoms with Gasteiger partial charge >= 0.3 is 13.7 Å². The van der Waals surface area contributed by atoms with Crippen LogP contribution in [0, 0.1) is 0 Å². The van der Waals surface area contributed by atoms with Gasteiger partial charge in [0.05, 0.1) is 19.5 Å². The van der Waals surface area contributed by atoms with Crippen molar-refractivity contribution in [3.63, 3.8) is 0 Å². The molecule has 0 radical (unpaired) electrons. The van der Waals surface area contributed by atoms with Crippen molar-refractivity contribution in [1.82, 2.24) is 24.6 Å². The Morgan fingerprint density at radius 3 is 2.75 bits per heavy atom. The summed E-state index contributed by atoms with van der Waals surface area (Å²) < 4.78 is 43.9. The summed E-state index contributed by atoms with van der Waals surface area (Å²) in [5.41, 5.74) is 0.355. The normalized spacial score (nSPS) is 24.9. The smallest absolute Gasteiger partial charge is 0.403 e. The van der Waals surface area contributed by atoms with Crippen molar-refractivity contribution >= 4 is 36.6 Å². The van der Waals surface area contributed by atoms with Crippen LogP contribution in [0.25, 0.3) is 11.2 Å². The molecule has 14 nitrogen and oxygen atoms in total. The second-order valence-electron chi connectivity index (χ2n) is 6.76. The summed E-state index contributed by atoms with van der Waals surface area (Å²) in [6.07, 6.45) is -3.58. The Morgan fingerprint density at radius 1 is 1.34 bits per heavy atom. The maximum absolute atomic E-state index is 15.1. The van der Waals surface area contributed by atoms with Gasteiger partial charge in [-0.3, -0.25) is 18.7 Å². The molecule has 0 saturated carbocycles. The zero-order chi connectivity index (χ0) is 23.5. The number of halogens is 1. The maximum Gasteiger partial charge on any atom is 0.403 e. The molecule has 1 saturated heterocycles. The fourth-order valence-corrected chi connectivity index (χ4v) is 3.90. The van der Waals surface area contributed by atoms with Crippen LogP contribution in [0.15, 0.2) is 12.7 Å². The number of imidazole rings is 1. The van der Waals surface area contributed by atoms with Crippen LogP contribution in [-0.2, 0) is 28.2 Å². The van der Waals surface area contributed by atoms with Crippen LogP contribution >= 0.6 is 7.75 Å². The molecule has 1 fully saturated rings. The van der Waals surface area contributed by atoms with Crippen molar-refractivity contribution in [2.45, 2.75) is 38.5 Å². The summed E-state index contributed by atoms with van der Waals surface area (Å²) in [5.74, 6) is -1.04. The highest BCUT2D eigenvalue weighted by atomic mass is 31.2. The summed E-state index contributed by atoms with van der Waals surface area (Å²) in [7, 11) is -4.32. The fraction of sp³-hybridized carbons (Fsp3) is 0.562. The van der Waals surface area contributed by atoms with E-state index in [2.05, 4.69) is 25.4 Å².